The highest BCUT2D eigenvalue weighted by atomic mass is 79.9. The molecule has 0 saturated heterocycles. The van der Waals surface area contributed by atoms with Gasteiger partial charge in [-0.25, -0.2) is 0 Å². The summed E-state index contributed by atoms with van der Waals surface area (Å²) < 4.78 is 16.5. The van der Waals surface area contributed by atoms with E-state index in [0.717, 1.165) is 15.8 Å². The minimum Gasteiger partial charge on any atom is -0.504 e. The Kier molecular flexibility index (Phi) is 6.93. The Hall–Kier alpha value is -2.21. The van der Waals surface area contributed by atoms with Gasteiger partial charge in [0, 0.05) is 10.9 Å². The number of aromatic hydroxyl groups is 1. The number of halogens is 1. The van der Waals surface area contributed by atoms with E-state index in [0.29, 0.717) is 18.8 Å². The molecule has 0 aromatic heterocycles. The molecule has 0 fully saturated rings. The summed E-state index contributed by atoms with van der Waals surface area (Å²) in [5, 5.41) is 9.69. The topological polar surface area (TPSA) is 65.0 Å². The predicted octanol–water partition coefficient (Wildman–Crippen LogP) is 3.72. The van der Waals surface area contributed by atoms with E-state index in [9.17, 15) is 9.90 Å². The number of benzene rings is 2. The Morgan fingerprint density at radius 3 is 2.54 bits per heavy atom. The van der Waals surface area contributed by atoms with Gasteiger partial charge in [-0.1, -0.05) is 22.0 Å². The third-order valence-electron chi connectivity index (χ3n) is 3.29. The molecule has 0 spiro atoms. The molecular formula is C18H19BrO5. The number of methoxy groups -OCH3 is 1. The number of hydrogen-bond donors (Lipinski definition) is 1. The van der Waals surface area contributed by atoms with Crippen LogP contribution in [0.1, 0.15) is 12.0 Å². The first-order valence-corrected chi connectivity index (χ1v) is 8.27. The number of aryl methyl sites for hydroxylation is 1. The maximum absolute atomic E-state index is 11.7. The number of phenolic OH excluding ortho intramolecular Hbond substituents is 1. The molecule has 2 rings (SSSR count). The minimum absolute atomic E-state index is 0.0614. The summed E-state index contributed by atoms with van der Waals surface area (Å²) in [5.41, 5.74) is 0.844. The molecule has 0 amide bonds. The molecule has 0 atom stereocenters. The van der Waals surface area contributed by atoms with Crippen molar-refractivity contribution in [2.24, 2.45) is 0 Å². The molecule has 128 valence electrons. The van der Waals surface area contributed by atoms with Gasteiger partial charge in [-0.2, -0.15) is 0 Å². The second-order valence-electron chi connectivity index (χ2n) is 5.03. The molecule has 1 N–H and O–H groups in total. The van der Waals surface area contributed by atoms with Crippen molar-refractivity contribution in [2.75, 3.05) is 20.3 Å². The van der Waals surface area contributed by atoms with Crippen LogP contribution in [0.25, 0.3) is 0 Å². The number of carbonyl (C=O) groups is 1. The lowest BCUT2D eigenvalue weighted by atomic mass is 10.1. The molecule has 24 heavy (non-hydrogen) atoms. The molecule has 2 aromatic carbocycles. The van der Waals surface area contributed by atoms with Crippen molar-refractivity contribution in [1.29, 1.82) is 0 Å². The van der Waals surface area contributed by atoms with Gasteiger partial charge < -0.3 is 19.3 Å². The summed E-state index contributed by atoms with van der Waals surface area (Å²) >= 11 is 3.35. The van der Waals surface area contributed by atoms with E-state index < -0.39 is 0 Å². The fraction of sp³-hybridized carbons (Fsp3) is 0.278. The number of hydrogen-bond acceptors (Lipinski definition) is 5. The molecule has 2 aromatic rings. The first kappa shape index (κ1) is 18.1. The van der Waals surface area contributed by atoms with Crippen LogP contribution in [0.4, 0.5) is 0 Å². The number of phenols is 1. The summed E-state index contributed by atoms with van der Waals surface area (Å²) in [4.78, 5) is 11.7. The van der Waals surface area contributed by atoms with E-state index in [1.807, 2.05) is 30.3 Å². The van der Waals surface area contributed by atoms with Crippen LogP contribution >= 0.6 is 15.9 Å². The number of carbonyl (C=O) groups excluding carboxylic acids is 1. The normalized spacial score (nSPS) is 10.2. The average molecular weight is 395 g/mol. The predicted molar refractivity (Wildman–Crippen MR) is 93.6 cm³/mol. The highest BCUT2D eigenvalue weighted by Gasteiger charge is 2.07. The Morgan fingerprint density at radius 2 is 1.88 bits per heavy atom. The minimum atomic E-state index is -0.301. The second kappa shape index (κ2) is 9.17. The van der Waals surface area contributed by atoms with E-state index in [4.69, 9.17) is 14.2 Å². The summed E-state index contributed by atoms with van der Waals surface area (Å²) in [6.07, 6.45) is 0.730. The maximum Gasteiger partial charge on any atom is 0.306 e. The van der Waals surface area contributed by atoms with E-state index in [-0.39, 0.29) is 24.7 Å². The van der Waals surface area contributed by atoms with Crippen molar-refractivity contribution in [1.82, 2.24) is 0 Å². The fourth-order valence-corrected chi connectivity index (χ4v) is 2.32. The van der Waals surface area contributed by atoms with Crippen LogP contribution in [0.15, 0.2) is 46.9 Å². The number of esters is 1. The standard InChI is InChI=1S/C18H19BrO5/c1-22-17-8-2-13(12-16(17)20)3-9-18(21)24-11-10-23-15-6-4-14(19)5-7-15/h2,4-8,12,20H,3,9-11H2,1H3. The monoisotopic (exact) mass is 394 g/mol. The average Bonchev–Trinajstić information content (AvgIpc) is 2.58. The zero-order chi connectivity index (χ0) is 17.4. The Morgan fingerprint density at radius 1 is 1.12 bits per heavy atom. The molecule has 0 aliphatic carbocycles. The van der Waals surface area contributed by atoms with E-state index in [1.165, 1.54) is 7.11 Å². The molecule has 0 heterocycles. The fourth-order valence-electron chi connectivity index (χ4n) is 2.06. The second-order valence-corrected chi connectivity index (χ2v) is 5.94. The van der Waals surface area contributed by atoms with Crippen LogP contribution in [0.5, 0.6) is 17.2 Å². The highest BCUT2D eigenvalue weighted by Crippen LogP contribution is 2.26. The van der Waals surface area contributed by atoms with Crippen LogP contribution in [-0.4, -0.2) is 31.4 Å². The van der Waals surface area contributed by atoms with Gasteiger partial charge in [0.05, 0.1) is 7.11 Å². The molecule has 0 aliphatic rings. The van der Waals surface area contributed by atoms with Gasteiger partial charge >= 0.3 is 5.97 Å². The lowest BCUT2D eigenvalue weighted by molar-refractivity contribution is -0.144. The molecule has 0 saturated carbocycles. The van der Waals surface area contributed by atoms with Gasteiger partial charge in [-0.3, -0.25) is 4.79 Å². The van der Waals surface area contributed by atoms with Crippen molar-refractivity contribution >= 4 is 21.9 Å². The zero-order valence-electron chi connectivity index (χ0n) is 13.3. The van der Waals surface area contributed by atoms with Crippen LogP contribution in [0.2, 0.25) is 0 Å². The van der Waals surface area contributed by atoms with Gasteiger partial charge in [-0.15, -0.1) is 0 Å². The summed E-state index contributed by atoms with van der Waals surface area (Å²) in [6, 6.07) is 12.5. The number of rotatable bonds is 8. The molecule has 6 heteroatoms. The summed E-state index contributed by atoms with van der Waals surface area (Å²) in [6.45, 7) is 0.499. The maximum atomic E-state index is 11.7. The summed E-state index contributed by atoms with van der Waals surface area (Å²) in [7, 11) is 1.49. The quantitative estimate of drug-likeness (QED) is 0.545. The molecule has 0 unspecified atom stereocenters. The third-order valence-corrected chi connectivity index (χ3v) is 3.82. The van der Waals surface area contributed by atoms with Crippen molar-refractivity contribution in [3.05, 3.63) is 52.5 Å². The summed E-state index contributed by atoms with van der Waals surface area (Å²) in [5.74, 6) is 0.894. The molecular weight excluding hydrogens is 376 g/mol. The lowest BCUT2D eigenvalue weighted by Crippen LogP contribution is -2.12. The van der Waals surface area contributed by atoms with Gasteiger partial charge in [0.15, 0.2) is 11.5 Å². The van der Waals surface area contributed by atoms with Crippen molar-refractivity contribution in [3.63, 3.8) is 0 Å². The molecule has 0 bridgehead atoms. The van der Waals surface area contributed by atoms with Crippen LogP contribution in [-0.2, 0) is 16.0 Å². The van der Waals surface area contributed by atoms with Gasteiger partial charge in [0.1, 0.15) is 19.0 Å². The molecule has 5 nitrogen and oxygen atoms in total. The number of ether oxygens (including phenoxy) is 3. The van der Waals surface area contributed by atoms with Crippen molar-refractivity contribution < 1.29 is 24.1 Å². The van der Waals surface area contributed by atoms with Crippen LogP contribution in [0.3, 0.4) is 0 Å². The third kappa shape index (κ3) is 5.77. The van der Waals surface area contributed by atoms with Gasteiger partial charge in [-0.05, 0) is 48.4 Å². The first-order valence-electron chi connectivity index (χ1n) is 7.48. The highest BCUT2D eigenvalue weighted by molar-refractivity contribution is 9.10. The SMILES string of the molecule is COc1ccc(CCC(=O)OCCOc2ccc(Br)cc2)cc1O. The van der Waals surface area contributed by atoms with E-state index in [1.54, 1.807) is 12.1 Å². The smallest absolute Gasteiger partial charge is 0.306 e. The van der Waals surface area contributed by atoms with Crippen molar-refractivity contribution in [3.8, 4) is 17.2 Å². The Balaban J connectivity index is 1.66. The van der Waals surface area contributed by atoms with Gasteiger partial charge in [0.25, 0.3) is 0 Å². The molecule has 0 radical (unpaired) electrons. The largest absolute Gasteiger partial charge is 0.504 e. The zero-order valence-corrected chi connectivity index (χ0v) is 14.9. The van der Waals surface area contributed by atoms with Crippen molar-refractivity contribution in [2.45, 2.75) is 12.8 Å². The Bertz CT molecular complexity index is 670. The first-order chi connectivity index (χ1) is 11.6. The molecule has 0 aliphatic heterocycles. The van der Waals surface area contributed by atoms with Gasteiger partial charge in [0.2, 0.25) is 0 Å². The lowest BCUT2D eigenvalue weighted by Gasteiger charge is -2.08. The van der Waals surface area contributed by atoms with E-state index >= 15 is 0 Å². The van der Waals surface area contributed by atoms with E-state index in [2.05, 4.69) is 15.9 Å². The Labute approximate surface area is 149 Å². The van der Waals surface area contributed by atoms with Crippen LogP contribution in [0, 0.1) is 0 Å². The van der Waals surface area contributed by atoms with Crippen LogP contribution < -0.4 is 9.47 Å².